The molecule has 1 amide bonds. The van der Waals surface area contributed by atoms with Crippen LogP contribution in [0.4, 0.5) is 0 Å². The lowest BCUT2D eigenvalue weighted by Crippen LogP contribution is -2.33. The largest absolute Gasteiger partial charge is 0.481 e. The first-order valence-electron chi connectivity index (χ1n) is 9.84. The van der Waals surface area contributed by atoms with Gasteiger partial charge in [0.15, 0.2) is 0 Å². The van der Waals surface area contributed by atoms with Crippen molar-refractivity contribution in [3.8, 4) is 0 Å². The summed E-state index contributed by atoms with van der Waals surface area (Å²) in [5, 5.41) is 10.8. The number of hydrogen-bond donors (Lipinski definition) is 1. The molecule has 5 nitrogen and oxygen atoms in total. The van der Waals surface area contributed by atoms with Crippen LogP contribution in [0.25, 0.3) is 0 Å². The van der Waals surface area contributed by atoms with Crippen LogP contribution in [0.1, 0.15) is 50.2 Å². The summed E-state index contributed by atoms with van der Waals surface area (Å²) in [6.45, 7) is 2.61. The van der Waals surface area contributed by atoms with Crippen molar-refractivity contribution >= 4 is 11.9 Å². The highest BCUT2D eigenvalue weighted by Crippen LogP contribution is 2.18. The van der Waals surface area contributed by atoms with Crippen molar-refractivity contribution in [1.29, 1.82) is 0 Å². The van der Waals surface area contributed by atoms with Gasteiger partial charge in [-0.3, -0.25) is 14.4 Å². The molecule has 0 radical (unpaired) electrons. The van der Waals surface area contributed by atoms with E-state index in [-0.39, 0.29) is 25.5 Å². The molecule has 2 aromatic carbocycles. The van der Waals surface area contributed by atoms with Crippen LogP contribution >= 0.6 is 0 Å². The van der Waals surface area contributed by atoms with Crippen LogP contribution in [0, 0.1) is 5.92 Å². The Balaban J connectivity index is 2.04. The minimum absolute atomic E-state index is 0.0549. The van der Waals surface area contributed by atoms with E-state index in [0.29, 0.717) is 6.42 Å². The maximum atomic E-state index is 12.9. The van der Waals surface area contributed by atoms with Crippen LogP contribution in [-0.4, -0.2) is 22.0 Å². The number of carbonyl (C=O) groups is 2. The molecule has 150 valence electrons. The minimum Gasteiger partial charge on any atom is -0.481 e. The Bertz CT molecular complexity index is 718. The van der Waals surface area contributed by atoms with Gasteiger partial charge in [-0.15, -0.1) is 0 Å². The monoisotopic (exact) mass is 383 g/mol. The summed E-state index contributed by atoms with van der Waals surface area (Å²) in [5.41, 5.74) is 1.88. The van der Waals surface area contributed by atoms with Crippen LogP contribution in [0.3, 0.4) is 0 Å². The zero-order valence-corrected chi connectivity index (χ0v) is 16.4. The van der Waals surface area contributed by atoms with Gasteiger partial charge in [0.2, 0.25) is 5.91 Å². The van der Waals surface area contributed by atoms with Gasteiger partial charge in [-0.2, -0.15) is 0 Å². The molecule has 0 aliphatic rings. The number of rotatable bonds is 12. The average molecular weight is 383 g/mol. The fraction of sp³-hybridized carbons (Fsp3) is 0.391. The number of nitrogens with zero attached hydrogens (tertiary/aromatic N) is 1. The molecule has 28 heavy (non-hydrogen) atoms. The highest BCUT2D eigenvalue weighted by atomic mass is 16.7. The Morgan fingerprint density at radius 2 is 1.57 bits per heavy atom. The van der Waals surface area contributed by atoms with Crippen molar-refractivity contribution in [2.45, 2.75) is 52.2 Å². The molecular formula is C23H29NO4. The summed E-state index contributed by atoms with van der Waals surface area (Å²) in [7, 11) is 0. The maximum Gasteiger partial charge on any atom is 0.307 e. The Kier molecular flexibility index (Phi) is 9.22. The van der Waals surface area contributed by atoms with Gasteiger partial charge in [-0.05, 0) is 17.5 Å². The van der Waals surface area contributed by atoms with Crippen molar-refractivity contribution in [1.82, 2.24) is 5.06 Å². The summed E-state index contributed by atoms with van der Waals surface area (Å²) >= 11 is 0. The van der Waals surface area contributed by atoms with E-state index in [9.17, 15) is 14.7 Å². The van der Waals surface area contributed by atoms with E-state index in [2.05, 4.69) is 6.92 Å². The first kappa shape index (κ1) is 21.6. The maximum absolute atomic E-state index is 12.9. The standard InChI is InChI=1S/C23H29NO4/c1-2-3-6-15-21(23(26)27)16-22(25)24(17-19-11-7-4-8-12-19)28-18-20-13-9-5-10-14-20/h4-5,7-14,21H,2-3,6,15-18H2,1H3,(H,26,27)/t21-/m0/s1. The van der Waals surface area contributed by atoms with Crippen molar-refractivity contribution in [3.63, 3.8) is 0 Å². The van der Waals surface area contributed by atoms with Crippen LogP contribution < -0.4 is 0 Å². The molecule has 0 aliphatic carbocycles. The summed E-state index contributed by atoms with van der Waals surface area (Å²) in [4.78, 5) is 30.2. The van der Waals surface area contributed by atoms with Crippen molar-refractivity contribution in [2.75, 3.05) is 0 Å². The normalized spacial score (nSPS) is 11.8. The smallest absolute Gasteiger partial charge is 0.307 e. The Hall–Kier alpha value is -2.66. The van der Waals surface area contributed by atoms with Gasteiger partial charge in [-0.1, -0.05) is 86.8 Å². The van der Waals surface area contributed by atoms with Crippen LogP contribution in [-0.2, 0) is 27.6 Å². The van der Waals surface area contributed by atoms with E-state index in [4.69, 9.17) is 4.84 Å². The summed E-state index contributed by atoms with van der Waals surface area (Å²) in [6.07, 6.45) is 3.24. The Morgan fingerprint density at radius 1 is 0.964 bits per heavy atom. The second-order valence-corrected chi connectivity index (χ2v) is 6.91. The fourth-order valence-electron chi connectivity index (χ4n) is 2.95. The lowest BCUT2D eigenvalue weighted by atomic mass is 9.97. The number of aliphatic carboxylic acids is 1. The minimum atomic E-state index is -0.924. The molecule has 2 rings (SSSR count). The van der Waals surface area contributed by atoms with Crippen molar-refractivity contribution < 1.29 is 19.5 Å². The van der Waals surface area contributed by atoms with Crippen molar-refractivity contribution in [3.05, 3.63) is 71.8 Å². The van der Waals surface area contributed by atoms with Crippen LogP contribution in [0.15, 0.2) is 60.7 Å². The third-order valence-corrected chi connectivity index (χ3v) is 4.60. The highest BCUT2D eigenvalue weighted by Gasteiger charge is 2.25. The molecule has 0 bridgehead atoms. The Labute approximate surface area is 166 Å². The van der Waals surface area contributed by atoms with Crippen LogP contribution in [0.2, 0.25) is 0 Å². The Morgan fingerprint density at radius 3 is 2.14 bits per heavy atom. The molecule has 0 saturated carbocycles. The first-order valence-corrected chi connectivity index (χ1v) is 9.84. The number of benzene rings is 2. The predicted molar refractivity (Wildman–Crippen MR) is 108 cm³/mol. The van der Waals surface area contributed by atoms with E-state index in [1.54, 1.807) is 0 Å². The fourth-order valence-corrected chi connectivity index (χ4v) is 2.95. The van der Waals surface area contributed by atoms with Gasteiger partial charge in [0.1, 0.15) is 6.61 Å². The number of carboxylic acids is 1. The van der Waals surface area contributed by atoms with Gasteiger partial charge in [0.05, 0.1) is 12.5 Å². The molecule has 0 spiro atoms. The highest BCUT2D eigenvalue weighted by molar-refractivity contribution is 5.81. The van der Waals surface area contributed by atoms with E-state index in [1.165, 1.54) is 5.06 Å². The number of unbranched alkanes of at least 4 members (excludes halogenated alkanes) is 2. The molecule has 0 fully saturated rings. The number of carbonyl (C=O) groups excluding carboxylic acids is 1. The second-order valence-electron chi connectivity index (χ2n) is 6.91. The van der Waals surface area contributed by atoms with Gasteiger partial charge in [0.25, 0.3) is 0 Å². The molecule has 0 unspecified atom stereocenters. The molecule has 0 heterocycles. The average Bonchev–Trinajstić information content (AvgIpc) is 2.71. The molecule has 0 aromatic heterocycles. The number of hydroxylamine groups is 2. The lowest BCUT2D eigenvalue weighted by Gasteiger charge is -2.24. The van der Waals surface area contributed by atoms with Gasteiger partial charge < -0.3 is 5.11 Å². The SMILES string of the molecule is CCCCC[C@@H](CC(=O)N(Cc1ccccc1)OCc1ccccc1)C(=O)O. The number of hydrogen-bond acceptors (Lipinski definition) is 3. The number of amides is 1. The third-order valence-electron chi connectivity index (χ3n) is 4.60. The van der Waals surface area contributed by atoms with Crippen molar-refractivity contribution in [2.24, 2.45) is 5.92 Å². The zero-order valence-electron chi connectivity index (χ0n) is 16.4. The zero-order chi connectivity index (χ0) is 20.2. The van der Waals surface area contributed by atoms with Gasteiger partial charge in [-0.25, -0.2) is 5.06 Å². The molecule has 0 aliphatic heterocycles. The molecule has 0 saturated heterocycles. The summed E-state index contributed by atoms with van der Waals surface area (Å²) in [6, 6.07) is 19.2. The lowest BCUT2D eigenvalue weighted by molar-refractivity contribution is -0.197. The summed E-state index contributed by atoms with van der Waals surface area (Å²) < 4.78 is 0. The second kappa shape index (κ2) is 11.9. The third kappa shape index (κ3) is 7.53. The molecule has 5 heteroatoms. The van der Waals surface area contributed by atoms with E-state index in [0.717, 1.165) is 30.4 Å². The topological polar surface area (TPSA) is 66.8 Å². The molecule has 2 aromatic rings. The van der Waals surface area contributed by atoms with E-state index in [1.807, 2.05) is 60.7 Å². The predicted octanol–water partition coefficient (Wildman–Crippen LogP) is 4.82. The summed E-state index contributed by atoms with van der Waals surface area (Å²) in [5.74, 6) is -1.91. The van der Waals surface area contributed by atoms with Gasteiger partial charge >= 0.3 is 5.97 Å². The first-order chi connectivity index (χ1) is 13.6. The number of carboxylic acid groups (broad SMARTS) is 1. The molecule has 1 atom stereocenters. The van der Waals surface area contributed by atoms with Crippen LogP contribution in [0.5, 0.6) is 0 Å². The molecule has 1 N–H and O–H groups in total. The molecular weight excluding hydrogens is 354 g/mol. The quantitative estimate of drug-likeness (QED) is 0.422. The van der Waals surface area contributed by atoms with Gasteiger partial charge in [0, 0.05) is 6.42 Å². The van der Waals surface area contributed by atoms with E-state index >= 15 is 0 Å². The van der Waals surface area contributed by atoms with E-state index < -0.39 is 11.9 Å².